The number of amides is 3. The summed E-state index contributed by atoms with van der Waals surface area (Å²) in [7, 11) is 0. The number of aryl methyl sites for hydroxylation is 1. The average Bonchev–Trinajstić information content (AvgIpc) is 3.27. The number of urea groups is 1. The summed E-state index contributed by atoms with van der Waals surface area (Å²) in [5.41, 5.74) is 2.92. The first kappa shape index (κ1) is 17.2. The van der Waals surface area contributed by atoms with Gasteiger partial charge in [0.05, 0.1) is 0 Å². The first-order valence-electron chi connectivity index (χ1n) is 8.88. The number of hydrogen-bond acceptors (Lipinski definition) is 4. The molecule has 0 spiro atoms. The Labute approximate surface area is 157 Å². The molecule has 2 aromatic rings. The summed E-state index contributed by atoms with van der Waals surface area (Å²) in [6.45, 7) is 3.76. The van der Waals surface area contributed by atoms with Gasteiger partial charge in [-0.25, -0.2) is 4.79 Å². The Morgan fingerprint density at radius 1 is 1.07 bits per heavy atom. The normalized spacial score (nSPS) is 15.4. The van der Waals surface area contributed by atoms with Gasteiger partial charge in [0, 0.05) is 25.3 Å². The minimum absolute atomic E-state index is 0.0474. The van der Waals surface area contributed by atoms with Crippen LogP contribution in [0.1, 0.15) is 11.1 Å². The molecule has 0 bridgehead atoms. The van der Waals surface area contributed by atoms with E-state index in [0.717, 1.165) is 16.8 Å². The lowest BCUT2D eigenvalue weighted by Crippen LogP contribution is -2.39. The van der Waals surface area contributed by atoms with Crippen molar-refractivity contribution in [2.45, 2.75) is 13.5 Å². The van der Waals surface area contributed by atoms with Gasteiger partial charge in [0.1, 0.15) is 6.54 Å². The van der Waals surface area contributed by atoms with Crippen molar-refractivity contribution in [1.82, 2.24) is 10.2 Å². The van der Waals surface area contributed by atoms with E-state index in [0.29, 0.717) is 31.1 Å². The van der Waals surface area contributed by atoms with E-state index >= 15 is 0 Å². The predicted molar refractivity (Wildman–Crippen MR) is 99.9 cm³/mol. The lowest BCUT2D eigenvalue weighted by Gasteiger charge is -2.18. The lowest BCUT2D eigenvalue weighted by atomic mass is 10.2. The van der Waals surface area contributed by atoms with Crippen LogP contribution in [0.4, 0.5) is 10.5 Å². The Bertz CT molecular complexity index is 866. The smallest absolute Gasteiger partial charge is 0.325 e. The summed E-state index contributed by atoms with van der Waals surface area (Å²) in [4.78, 5) is 28.1. The van der Waals surface area contributed by atoms with Crippen molar-refractivity contribution in [2.75, 3.05) is 31.3 Å². The summed E-state index contributed by atoms with van der Waals surface area (Å²) in [5, 5.41) is 2.85. The van der Waals surface area contributed by atoms with Gasteiger partial charge < -0.3 is 19.7 Å². The molecule has 2 heterocycles. The van der Waals surface area contributed by atoms with Gasteiger partial charge in [-0.1, -0.05) is 23.8 Å². The van der Waals surface area contributed by atoms with E-state index in [1.807, 2.05) is 49.4 Å². The second kappa shape index (κ2) is 7.19. The highest BCUT2D eigenvalue weighted by atomic mass is 16.7. The molecular formula is C20H21N3O4. The molecule has 1 N–H and O–H groups in total. The van der Waals surface area contributed by atoms with E-state index in [2.05, 4.69) is 5.32 Å². The van der Waals surface area contributed by atoms with Gasteiger partial charge in [-0.2, -0.15) is 0 Å². The van der Waals surface area contributed by atoms with Crippen LogP contribution in [0.3, 0.4) is 0 Å². The Morgan fingerprint density at radius 3 is 2.67 bits per heavy atom. The highest BCUT2D eigenvalue weighted by molar-refractivity contribution is 5.96. The van der Waals surface area contributed by atoms with Gasteiger partial charge in [-0.05, 0) is 36.8 Å². The van der Waals surface area contributed by atoms with Crippen molar-refractivity contribution in [1.29, 1.82) is 0 Å². The molecule has 0 radical (unpaired) electrons. The number of ether oxygens (including phenoxy) is 2. The van der Waals surface area contributed by atoms with Gasteiger partial charge in [0.2, 0.25) is 12.7 Å². The lowest BCUT2D eigenvalue weighted by molar-refractivity contribution is -0.121. The zero-order valence-electron chi connectivity index (χ0n) is 15.1. The molecule has 2 aliphatic rings. The molecule has 0 atom stereocenters. The Morgan fingerprint density at radius 2 is 1.85 bits per heavy atom. The number of rotatable bonds is 5. The molecule has 3 amide bonds. The van der Waals surface area contributed by atoms with Crippen LogP contribution in [0.5, 0.6) is 11.5 Å². The van der Waals surface area contributed by atoms with E-state index < -0.39 is 0 Å². The van der Waals surface area contributed by atoms with Crippen LogP contribution in [-0.4, -0.2) is 43.3 Å². The third kappa shape index (κ3) is 3.67. The standard InChI is InChI=1S/C20H21N3O4/c1-14-2-5-16(6-3-14)23-9-8-22(20(23)25)12-19(24)21-11-15-4-7-17-18(10-15)27-13-26-17/h2-7,10H,8-9,11-13H2,1H3,(H,21,24). The fourth-order valence-electron chi connectivity index (χ4n) is 3.17. The molecule has 27 heavy (non-hydrogen) atoms. The fraction of sp³-hybridized carbons (Fsp3) is 0.300. The van der Waals surface area contributed by atoms with Crippen molar-refractivity contribution in [3.63, 3.8) is 0 Å². The maximum Gasteiger partial charge on any atom is 0.325 e. The SMILES string of the molecule is Cc1ccc(N2CCN(CC(=O)NCc3ccc4c(c3)OCO4)C2=O)cc1. The van der Waals surface area contributed by atoms with Gasteiger partial charge in [-0.15, -0.1) is 0 Å². The van der Waals surface area contributed by atoms with E-state index in [9.17, 15) is 9.59 Å². The zero-order chi connectivity index (χ0) is 18.8. The summed E-state index contributed by atoms with van der Waals surface area (Å²) < 4.78 is 10.6. The molecule has 140 valence electrons. The van der Waals surface area contributed by atoms with E-state index in [4.69, 9.17) is 9.47 Å². The molecule has 0 aromatic heterocycles. The van der Waals surface area contributed by atoms with E-state index in [1.54, 1.807) is 9.80 Å². The molecule has 1 fully saturated rings. The largest absolute Gasteiger partial charge is 0.454 e. The Kier molecular flexibility index (Phi) is 4.58. The molecule has 0 unspecified atom stereocenters. The number of anilines is 1. The van der Waals surface area contributed by atoms with Gasteiger partial charge >= 0.3 is 6.03 Å². The first-order chi connectivity index (χ1) is 13.1. The van der Waals surface area contributed by atoms with Crippen molar-refractivity contribution < 1.29 is 19.1 Å². The van der Waals surface area contributed by atoms with Crippen LogP contribution in [0.2, 0.25) is 0 Å². The average molecular weight is 367 g/mol. The van der Waals surface area contributed by atoms with E-state index in [-0.39, 0.29) is 25.3 Å². The molecule has 7 nitrogen and oxygen atoms in total. The molecule has 2 aliphatic heterocycles. The van der Waals surface area contributed by atoms with Crippen LogP contribution in [0.15, 0.2) is 42.5 Å². The molecular weight excluding hydrogens is 346 g/mol. The number of carbonyl (C=O) groups excluding carboxylic acids is 2. The molecule has 2 aromatic carbocycles. The van der Waals surface area contributed by atoms with Crippen LogP contribution < -0.4 is 19.7 Å². The fourth-order valence-corrected chi connectivity index (χ4v) is 3.17. The maximum atomic E-state index is 12.6. The third-order valence-corrected chi connectivity index (χ3v) is 4.70. The second-order valence-corrected chi connectivity index (χ2v) is 6.66. The van der Waals surface area contributed by atoms with Crippen LogP contribution in [-0.2, 0) is 11.3 Å². The first-order valence-corrected chi connectivity index (χ1v) is 8.88. The predicted octanol–water partition coefficient (Wildman–Crippen LogP) is 2.28. The van der Waals surface area contributed by atoms with Crippen LogP contribution in [0.25, 0.3) is 0 Å². The van der Waals surface area contributed by atoms with Crippen molar-refractivity contribution in [3.05, 3.63) is 53.6 Å². The number of carbonyl (C=O) groups is 2. The molecule has 7 heteroatoms. The highest BCUT2D eigenvalue weighted by Gasteiger charge is 2.30. The topological polar surface area (TPSA) is 71.1 Å². The molecule has 1 saturated heterocycles. The third-order valence-electron chi connectivity index (χ3n) is 4.70. The number of hydrogen-bond donors (Lipinski definition) is 1. The molecule has 4 rings (SSSR count). The summed E-state index contributed by atoms with van der Waals surface area (Å²) >= 11 is 0. The number of nitrogens with one attached hydrogen (secondary N) is 1. The van der Waals surface area contributed by atoms with Gasteiger partial charge in [0.15, 0.2) is 11.5 Å². The van der Waals surface area contributed by atoms with Gasteiger partial charge in [-0.3, -0.25) is 9.69 Å². The number of benzene rings is 2. The van der Waals surface area contributed by atoms with Gasteiger partial charge in [0.25, 0.3) is 0 Å². The minimum atomic E-state index is -0.188. The summed E-state index contributed by atoms with van der Waals surface area (Å²) in [5.74, 6) is 1.21. The van der Waals surface area contributed by atoms with Crippen molar-refractivity contribution >= 4 is 17.6 Å². The maximum absolute atomic E-state index is 12.6. The summed E-state index contributed by atoms with van der Waals surface area (Å²) in [6.07, 6.45) is 0. The van der Waals surface area contributed by atoms with Crippen LogP contribution >= 0.6 is 0 Å². The number of nitrogens with zero attached hydrogens (tertiary/aromatic N) is 2. The Hall–Kier alpha value is -3.22. The highest BCUT2D eigenvalue weighted by Crippen LogP contribution is 2.32. The molecule has 0 saturated carbocycles. The van der Waals surface area contributed by atoms with Crippen molar-refractivity contribution in [3.8, 4) is 11.5 Å². The summed E-state index contributed by atoms with van der Waals surface area (Å²) in [6, 6.07) is 13.2. The zero-order valence-corrected chi connectivity index (χ0v) is 15.1. The molecule has 0 aliphatic carbocycles. The van der Waals surface area contributed by atoms with Crippen molar-refractivity contribution in [2.24, 2.45) is 0 Å². The van der Waals surface area contributed by atoms with Crippen LogP contribution in [0, 0.1) is 6.92 Å². The monoisotopic (exact) mass is 367 g/mol. The quantitative estimate of drug-likeness (QED) is 0.880. The second-order valence-electron chi connectivity index (χ2n) is 6.66. The Balaban J connectivity index is 1.30. The number of fused-ring (bicyclic) bond motifs is 1. The minimum Gasteiger partial charge on any atom is -0.454 e. The van der Waals surface area contributed by atoms with E-state index in [1.165, 1.54) is 0 Å².